The average Bonchev–Trinajstić information content (AvgIpc) is 2.60. The maximum Gasteiger partial charge on any atom is 0.326 e. The average molecular weight is 421 g/mol. The number of aliphatic carboxylic acids is 2. The molecule has 0 aliphatic rings. The minimum atomic E-state index is -1.65. The zero-order chi connectivity index (χ0) is 21.9. The zero-order valence-electron chi connectivity index (χ0n) is 14.7. The predicted molar refractivity (Wildman–Crippen MR) is 97.0 cm³/mol. The highest BCUT2D eigenvalue weighted by atomic mass is 32.1. The van der Waals surface area contributed by atoms with Gasteiger partial charge in [0, 0.05) is 12.2 Å². The molecule has 158 valence electrons. The molecule has 0 saturated carbocycles. The van der Waals surface area contributed by atoms with E-state index in [1.165, 1.54) is 0 Å². The Labute approximate surface area is 165 Å². The topological polar surface area (TPSA) is 231 Å². The number of carbonyl (C=O) groups is 6. The van der Waals surface area contributed by atoms with Crippen molar-refractivity contribution < 1.29 is 39.0 Å². The van der Waals surface area contributed by atoms with Crippen molar-refractivity contribution in [1.29, 1.82) is 0 Å². The summed E-state index contributed by atoms with van der Waals surface area (Å²) >= 11 is 3.82. The molecule has 0 bridgehead atoms. The zero-order valence-corrected chi connectivity index (χ0v) is 15.6. The first-order chi connectivity index (χ1) is 13.0. The van der Waals surface area contributed by atoms with E-state index in [1.54, 1.807) is 0 Å². The predicted octanol–water partition coefficient (Wildman–Crippen LogP) is -3.85. The van der Waals surface area contributed by atoms with Crippen molar-refractivity contribution in [3.8, 4) is 0 Å². The third kappa shape index (κ3) is 10.3. The lowest BCUT2D eigenvalue weighted by atomic mass is 10.1. The summed E-state index contributed by atoms with van der Waals surface area (Å²) in [5, 5.41) is 24.1. The molecular weight excluding hydrogens is 398 g/mol. The molecule has 0 aliphatic carbocycles. The molecule has 0 rings (SSSR count). The van der Waals surface area contributed by atoms with Gasteiger partial charge in [-0.2, -0.15) is 12.6 Å². The Balaban J connectivity index is 4.99. The summed E-state index contributed by atoms with van der Waals surface area (Å²) in [6.07, 6.45) is -1.57. The second-order valence-corrected chi connectivity index (χ2v) is 5.99. The molecule has 0 aromatic heterocycles. The van der Waals surface area contributed by atoms with Crippen LogP contribution in [0.5, 0.6) is 0 Å². The number of primary amides is 1. The normalized spacial score (nSPS) is 13.5. The van der Waals surface area contributed by atoms with Gasteiger partial charge in [-0.15, -0.1) is 0 Å². The Morgan fingerprint density at radius 1 is 0.964 bits per heavy atom. The van der Waals surface area contributed by atoms with E-state index in [0.717, 1.165) is 0 Å². The fourth-order valence-electron chi connectivity index (χ4n) is 1.84. The van der Waals surface area contributed by atoms with Crippen LogP contribution in [0.15, 0.2) is 0 Å². The summed E-state index contributed by atoms with van der Waals surface area (Å²) in [4.78, 5) is 68.4. The first kappa shape index (κ1) is 25.1. The Morgan fingerprint density at radius 2 is 1.57 bits per heavy atom. The van der Waals surface area contributed by atoms with Gasteiger partial charge < -0.3 is 37.6 Å². The van der Waals surface area contributed by atoms with Gasteiger partial charge in [0.2, 0.25) is 23.6 Å². The molecule has 3 unspecified atom stereocenters. The maximum atomic E-state index is 12.2. The summed E-state index contributed by atoms with van der Waals surface area (Å²) in [5.41, 5.74) is 10.3. The molecule has 0 aliphatic heterocycles. The van der Waals surface area contributed by atoms with Gasteiger partial charge in [-0.05, 0) is 6.42 Å². The fourth-order valence-corrected chi connectivity index (χ4v) is 2.00. The van der Waals surface area contributed by atoms with Gasteiger partial charge in [0.1, 0.15) is 12.1 Å². The number of amides is 4. The lowest BCUT2D eigenvalue weighted by molar-refractivity contribution is -0.144. The van der Waals surface area contributed by atoms with Gasteiger partial charge in [0.05, 0.1) is 19.0 Å². The van der Waals surface area contributed by atoms with Gasteiger partial charge >= 0.3 is 11.9 Å². The molecule has 14 heteroatoms. The number of carboxylic acids is 2. The van der Waals surface area contributed by atoms with Crippen LogP contribution in [0.4, 0.5) is 0 Å². The van der Waals surface area contributed by atoms with Crippen molar-refractivity contribution in [2.45, 2.75) is 37.4 Å². The van der Waals surface area contributed by atoms with Crippen molar-refractivity contribution in [2.75, 3.05) is 12.3 Å². The summed E-state index contributed by atoms with van der Waals surface area (Å²) in [6, 6.07) is -4.02. The number of thiol groups is 1. The second kappa shape index (κ2) is 12.5. The Morgan fingerprint density at radius 3 is 2.04 bits per heavy atom. The fraction of sp³-hybridized carbons (Fsp3) is 0.571. The maximum absolute atomic E-state index is 12.2. The number of hydrogen-bond acceptors (Lipinski definition) is 8. The summed E-state index contributed by atoms with van der Waals surface area (Å²) in [7, 11) is 0. The molecule has 28 heavy (non-hydrogen) atoms. The van der Waals surface area contributed by atoms with Crippen LogP contribution in [0.3, 0.4) is 0 Å². The molecule has 0 aromatic carbocycles. The standard InChI is InChI=1S/C14H23N5O8S/c15-6(5-28)12(24)17-4-10(21)18-7(1-2-11(22)23)13(25)19-8(14(26)27)3-9(16)20/h6-8,28H,1-5,15H2,(H2,16,20)(H,17,24)(H,18,21)(H,19,25)(H,22,23)(H,26,27). The number of hydrogen-bond donors (Lipinski definition) is 8. The Bertz CT molecular complexity index is 629. The van der Waals surface area contributed by atoms with E-state index in [9.17, 15) is 28.8 Å². The van der Waals surface area contributed by atoms with Crippen LogP contribution in [0.25, 0.3) is 0 Å². The van der Waals surface area contributed by atoms with Gasteiger partial charge in [-0.25, -0.2) is 4.79 Å². The van der Waals surface area contributed by atoms with Gasteiger partial charge in [0.25, 0.3) is 0 Å². The highest BCUT2D eigenvalue weighted by Crippen LogP contribution is 2.01. The van der Waals surface area contributed by atoms with E-state index >= 15 is 0 Å². The molecule has 0 fully saturated rings. The minimum Gasteiger partial charge on any atom is -0.481 e. The molecule has 3 atom stereocenters. The van der Waals surface area contributed by atoms with Gasteiger partial charge in [-0.3, -0.25) is 24.0 Å². The number of carboxylic acid groups (broad SMARTS) is 2. The van der Waals surface area contributed by atoms with Gasteiger partial charge in [0.15, 0.2) is 0 Å². The van der Waals surface area contributed by atoms with Crippen molar-refractivity contribution in [3.05, 3.63) is 0 Å². The molecule has 13 nitrogen and oxygen atoms in total. The monoisotopic (exact) mass is 421 g/mol. The highest BCUT2D eigenvalue weighted by molar-refractivity contribution is 7.80. The van der Waals surface area contributed by atoms with Gasteiger partial charge in [-0.1, -0.05) is 0 Å². The Hall–Kier alpha value is -2.87. The number of nitrogens with two attached hydrogens (primary N) is 2. The second-order valence-electron chi connectivity index (χ2n) is 5.63. The van der Waals surface area contributed by atoms with Crippen LogP contribution in [0.1, 0.15) is 19.3 Å². The van der Waals surface area contributed by atoms with Crippen LogP contribution in [0, 0.1) is 0 Å². The third-order valence-electron chi connectivity index (χ3n) is 3.28. The molecule has 4 amide bonds. The van der Waals surface area contributed by atoms with E-state index < -0.39 is 73.1 Å². The van der Waals surface area contributed by atoms with Crippen molar-refractivity contribution in [3.63, 3.8) is 0 Å². The molecule has 0 aromatic rings. The van der Waals surface area contributed by atoms with Crippen LogP contribution in [0.2, 0.25) is 0 Å². The molecule has 0 heterocycles. The SMILES string of the molecule is NC(=O)CC(NC(=O)C(CCC(=O)O)NC(=O)CNC(=O)C(N)CS)C(=O)O. The first-order valence-corrected chi connectivity index (χ1v) is 8.57. The molecule has 0 saturated heterocycles. The summed E-state index contributed by atoms with van der Waals surface area (Å²) < 4.78 is 0. The van der Waals surface area contributed by atoms with Crippen LogP contribution >= 0.6 is 12.6 Å². The van der Waals surface area contributed by atoms with Crippen molar-refractivity contribution in [2.24, 2.45) is 11.5 Å². The third-order valence-corrected chi connectivity index (χ3v) is 3.67. The largest absolute Gasteiger partial charge is 0.481 e. The highest BCUT2D eigenvalue weighted by Gasteiger charge is 2.28. The summed E-state index contributed by atoms with van der Waals surface area (Å²) in [5.74, 6) is -6.27. The quantitative estimate of drug-likeness (QED) is 0.136. The minimum absolute atomic E-state index is 0.0353. The Kier molecular flexibility index (Phi) is 11.2. The molecule has 9 N–H and O–H groups in total. The van der Waals surface area contributed by atoms with E-state index in [0.29, 0.717) is 0 Å². The van der Waals surface area contributed by atoms with Crippen LogP contribution in [-0.2, 0) is 28.8 Å². The van der Waals surface area contributed by atoms with Crippen LogP contribution in [-0.4, -0.2) is 76.2 Å². The lowest BCUT2D eigenvalue weighted by Crippen LogP contribution is -2.54. The molecule has 0 spiro atoms. The number of carbonyl (C=O) groups excluding carboxylic acids is 4. The molecular formula is C14H23N5O8S. The van der Waals surface area contributed by atoms with E-state index in [2.05, 4.69) is 23.3 Å². The number of rotatable bonds is 13. The lowest BCUT2D eigenvalue weighted by Gasteiger charge is -2.21. The van der Waals surface area contributed by atoms with E-state index in [1.807, 2.05) is 5.32 Å². The smallest absolute Gasteiger partial charge is 0.326 e. The van der Waals surface area contributed by atoms with E-state index in [-0.39, 0.29) is 12.2 Å². The molecule has 0 radical (unpaired) electrons. The van der Waals surface area contributed by atoms with Crippen molar-refractivity contribution >= 4 is 48.2 Å². The summed E-state index contributed by atoms with van der Waals surface area (Å²) in [6.45, 7) is -0.555. The first-order valence-electron chi connectivity index (χ1n) is 7.94. The van der Waals surface area contributed by atoms with Crippen molar-refractivity contribution in [1.82, 2.24) is 16.0 Å². The van der Waals surface area contributed by atoms with E-state index in [4.69, 9.17) is 21.7 Å². The number of nitrogens with one attached hydrogen (secondary N) is 3. The van der Waals surface area contributed by atoms with Crippen LogP contribution < -0.4 is 27.4 Å².